The number of benzene rings is 4. The second-order valence-electron chi connectivity index (χ2n) is 11.1. The van der Waals surface area contributed by atoms with Crippen LogP contribution in [0.25, 0.3) is 0 Å². The molecule has 0 saturated heterocycles. The molecule has 236 valence electrons. The molecule has 4 aromatic carbocycles. The fourth-order valence-corrected chi connectivity index (χ4v) is 6.45. The molecule has 0 spiro atoms. The van der Waals surface area contributed by atoms with Crippen LogP contribution in [0.2, 0.25) is 0 Å². The topological polar surface area (TPSA) is 95.6 Å². The zero-order valence-corrected chi connectivity index (χ0v) is 26.5. The van der Waals surface area contributed by atoms with E-state index in [2.05, 4.69) is 5.32 Å². The number of hydrogen-bond acceptors (Lipinski definition) is 8. The lowest BCUT2D eigenvalue weighted by molar-refractivity contribution is -0.116. The molecule has 6 rings (SSSR count). The summed E-state index contributed by atoms with van der Waals surface area (Å²) in [5.41, 5.74) is 4.69. The van der Waals surface area contributed by atoms with Gasteiger partial charge in [0.05, 0.1) is 53.0 Å². The monoisotopic (exact) mass is 620 g/mol. The number of rotatable bonds is 8. The Labute approximate surface area is 268 Å². The van der Waals surface area contributed by atoms with Crippen LogP contribution in [0.5, 0.6) is 28.7 Å². The number of ether oxygens (including phenoxy) is 5. The van der Waals surface area contributed by atoms with E-state index in [4.69, 9.17) is 23.7 Å². The number of anilines is 2. The molecular weight excluding hydrogens is 584 g/mol. The van der Waals surface area contributed by atoms with Gasteiger partial charge in [0.15, 0.2) is 28.8 Å². The number of fused-ring (bicyclic) bond motifs is 1. The predicted octanol–water partition coefficient (Wildman–Crippen LogP) is 6.94. The van der Waals surface area contributed by atoms with Crippen LogP contribution in [0.1, 0.15) is 46.3 Å². The first-order valence-corrected chi connectivity index (χ1v) is 14.9. The zero-order chi connectivity index (χ0) is 32.4. The third kappa shape index (κ3) is 5.38. The van der Waals surface area contributed by atoms with Crippen molar-refractivity contribution in [2.75, 3.05) is 45.8 Å². The maximum absolute atomic E-state index is 14.6. The highest BCUT2D eigenvalue weighted by Crippen LogP contribution is 2.50. The molecule has 46 heavy (non-hydrogen) atoms. The molecule has 0 fully saturated rings. The molecule has 0 bridgehead atoms. The molecule has 9 nitrogen and oxygen atoms in total. The number of methoxy groups -OCH3 is 5. The van der Waals surface area contributed by atoms with Gasteiger partial charge in [0.2, 0.25) is 5.75 Å². The van der Waals surface area contributed by atoms with E-state index in [1.165, 1.54) is 7.11 Å². The lowest BCUT2D eigenvalue weighted by Crippen LogP contribution is -2.38. The van der Waals surface area contributed by atoms with Crippen molar-refractivity contribution in [3.63, 3.8) is 0 Å². The average Bonchev–Trinajstić information content (AvgIpc) is 3.25. The molecule has 0 saturated carbocycles. The van der Waals surface area contributed by atoms with Gasteiger partial charge in [0.1, 0.15) is 0 Å². The Hall–Kier alpha value is -5.44. The SMILES string of the molecule is COc1ccc([C@@H]2CC(=O)C3=C(C2)Nc2ccccc2N(C(=O)c2ccccc2)[C@@H]3c2cc(OC)c(OC)c(OC)c2)cc1OC. The number of Topliss-reactive ketones (excluding diaryl/α,β-unsaturated/α-hetero) is 1. The van der Waals surface area contributed by atoms with E-state index in [1.54, 1.807) is 45.5 Å². The first-order chi connectivity index (χ1) is 22.4. The summed E-state index contributed by atoms with van der Waals surface area (Å²) in [4.78, 5) is 30.8. The van der Waals surface area contributed by atoms with Gasteiger partial charge in [0.25, 0.3) is 5.91 Å². The number of ketones is 1. The van der Waals surface area contributed by atoms with Crippen molar-refractivity contribution in [3.05, 3.63) is 113 Å². The standard InChI is InChI=1S/C37H36N2O7/c1-42-30-16-15-23(19-31(30)43-2)24-17-27-34(29(40)18-24)35(25-20-32(44-3)36(46-5)33(21-25)45-4)39(28-14-10-9-13-26(28)38-27)37(41)22-11-7-6-8-12-22/h6-16,19-21,24,35,38H,17-18H2,1-5H3/t24-,35+/m0/s1. The van der Waals surface area contributed by atoms with Gasteiger partial charge in [-0.25, -0.2) is 0 Å². The molecule has 1 aliphatic carbocycles. The summed E-state index contributed by atoms with van der Waals surface area (Å²) < 4.78 is 28.1. The van der Waals surface area contributed by atoms with Crippen LogP contribution < -0.4 is 33.9 Å². The third-order valence-electron chi connectivity index (χ3n) is 8.61. The van der Waals surface area contributed by atoms with E-state index in [9.17, 15) is 9.59 Å². The van der Waals surface area contributed by atoms with Crippen molar-refractivity contribution in [2.45, 2.75) is 24.8 Å². The highest BCUT2D eigenvalue weighted by molar-refractivity contribution is 6.12. The van der Waals surface area contributed by atoms with Crippen molar-refractivity contribution < 1.29 is 33.3 Å². The van der Waals surface area contributed by atoms with E-state index in [1.807, 2.05) is 72.8 Å². The highest BCUT2D eigenvalue weighted by atomic mass is 16.5. The van der Waals surface area contributed by atoms with Crippen LogP contribution in [0, 0.1) is 0 Å². The van der Waals surface area contributed by atoms with Gasteiger partial charge in [-0.05, 0) is 72.0 Å². The number of amides is 1. The molecule has 2 atom stereocenters. The number of nitrogens with one attached hydrogen (secondary N) is 1. The molecule has 4 aromatic rings. The Kier molecular flexibility index (Phi) is 8.57. The molecule has 2 aliphatic rings. The number of carbonyl (C=O) groups excluding carboxylic acids is 2. The number of hydrogen-bond donors (Lipinski definition) is 1. The molecule has 1 heterocycles. The number of nitrogens with zero attached hydrogens (tertiary/aromatic N) is 1. The fourth-order valence-electron chi connectivity index (χ4n) is 6.45. The summed E-state index contributed by atoms with van der Waals surface area (Å²) in [5, 5.41) is 3.58. The van der Waals surface area contributed by atoms with Gasteiger partial charge in [-0.1, -0.05) is 36.4 Å². The molecule has 0 unspecified atom stereocenters. The summed E-state index contributed by atoms with van der Waals surface area (Å²) in [5.74, 6) is 2.00. The summed E-state index contributed by atoms with van der Waals surface area (Å²) >= 11 is 0. The van der Waals surface area contributed by atoms with Crippen molar-refractivity contribution >= 4 is 23.1 Å². The van der Waals surface area contributed by atoms with Crippen LogP contribution in [-0.4, -0.2) is 47.2 Å². The Morgan fingerprint density at radius 2 is 1.33 bits per heavy atom. The molecule has 0 aromatic heterocycles. The van der Waals surface area contributed by atoms with Crippen LogP contribution in [0.3, 0.4) is 0 Å². The van der Waals surface area contributed by atoms with Crippen molar-refractivity contribution in [1.82, 2.24) is 0 Å². The van der Waals surface area contributed by atoms with E-state index >= 15 is 0 Å². The Morgan fingerprint density at radius 1 is 0.696 bits per heavy atom. The normalized spacial score (nSPS) is 17.2. The summed E-state index contributed by atoms with van der Waals surface area (Å²) in [6.45, 7) is 0. The third-order valence-corrected chi connectivity index (χ3v) is 8.61. The fraction of sp³-hybridized carbons (Fsp3) is 0.243. The minimum atomic E-state index is -0.814. The molecular formula is C37H36N2O7. The molecule has 1 N–H and O–H groups in total. The smallest absolute Gasteiger partial charge is 0.259 e. The molecule has 0 radical (unpaired) electrons. The van der Waals surface area contributed by atoms with E-state index < -0.39 is 6.04 Å². The van der Waals surface area contributed by atoms with Gasteiger partial charge in [-0.2, -0.15) is 0 Å². The van der Waals surface area contributed by atoms with Gasteiger partial charge >= 0.3 is 0 Å². The lowest BCUT2D eigenvalue weighted by atomic mass is 9.78. The van der Waals surface area contributed by atoms with Crippen molar-refractivity contribution in [3.8, 4) is 28.7 Å². The second-order valence-corrected chi connectivity index (χ2v) is 11.1. The Balaban J connectivity index is 1.59. The largest absolute Gasteiger partial charge is 0.493 e. The summed E-state index contributed by atoms with van der Waals surface area (Å²) in [7, 11) is 7.82. The Morgan fingerprint density at radius 3 is 1.98 bits per heavy atom. The minimum absolute atomic E-state index is 0.0778. The van der Waals surface area contributed by atoms with Crippen LogP contribution in [-0.2, 0) is 4.79 Å². The van der Waals surface area contributed by atoms with Crippen LogP contribution in [0.15, 0.2) is 96.2 Å². The Bertz CT molecular complexity index is 1790. The second kappa shape index (κ2) is 12.9. The van der Waals surface area contributed by atoms with Crippen molar-refractivity contribution in [1.29, 1.82) is 0 Å². The van der Waals surface area contributed by atoms with Gasteiger partial charge in [-0.15, -0.1) is 0 Å². The lowest BCUT2D eigenvalue weighted by Gasteiger charge is -2.35. The highest BCUT2D eigenvalue weighted by Gasteiger charge is 2.42. The van der Waals surface area contributed by atoms with Gasteiger partial charge in [0, 0.05) is 23.3 Å². The van der Waals surface area contributed by atoms with Crippen LogP contribution in [0.4, 0.5) is 11.4 Å². The maximum Gasteiger partial charge on any atom is 0.259 e. The quantitative estimate of drug-likeness (QED) is 0.226. The zero-order valence-electron chi connectivity index (χ0n) is 26.5. The summed E-state index contributed by atoms with van der Waals surface area (Å²) in [6, 6.07) is 25.2. The van der Waals surface area contributed by atoms with Gasteiger partial charge in [-0.3, -0.25) is 14.5 Å². The van der Waals surface area contributed by atoms with Crippen LogP contribution >= 0.6 is 0 Å². The van der Waals surface area contributed by atoms with E-state index in [-0.39, 0.29) is 24.0 Å². The van der Waals surface area contributed by atoms with Gasteiger partial charge < -0.3 is 29.0 Å². The number of allylic oxidation sites excluding steroid dienone is 1. The number of para-hydroxylation sites is 2. The molecule has 1 amide bonds. The average molecular weight is 621 g/mol. The predicted molar refractivity (Wildman–Crippen MR) is 176 cm³/mol. The van der Waals surface area contributed by atoms with E-state index in [0.29, 0.717) is 57.6 Å². The maximum atomic E-state index is 14.6. The first kappa shape index (κ1) is 30.6. The van der Waals surface area contributed by atoms with E-state index in [0.717, 1.165) is 16.9 Å². The summed E-state index contributed by atoms with van der Waals surface area (Å²) in [6.07, 6.45) is 0.764. The molecule has 1 aliphatic heterocycles. The minimum Gasteiger partial charge on any atom is -0.493 e. The van der Waals surface area contributed by atoms with Crippen molar-refractivity contribution in [2.24, 2.45) is 0 Å². The first-order valence-electron chi connectivity index (χ1n) is 14.9. The molecule has 9 heteroatoms. The number of carbonyl (C=O) groups is 2.